The lowest BCUT2D eigenvalue weighted by Gasteiger charge is -2.15. The third-order valence-corrected chi connectivity index (χ3v) is 1.36. The van der Waals surface area contributed by atoms with Gasteiger partial charge in [0, 0.05) is 0 Å². The lowest BCUT2D eigenvalue weighted by atomic mass is 9.99. The van der Waals surface area contributed by atoms with Crippen LogP contribution in [0.5, 0.6) is 0 Å². The molecule has 6 heteroatoms. The van der Waals surface area contributed by atoms with Crippen LogP contribution >= 0.6 is 0 Å². The predicted molar refractivity (Wildman–Crippen MR) is 44.2 cm³/mol. The van der Waals surface area contributed by atoms with Gasteiger partial charge in [-0.2, -0.15) is 0 Å². The van der Waals surface area contributed by atoms with Crippen LogP contribution in [0.4, 0.5) is 0 Å². The fourth-order valence-electron chi connectivity index (χ4n) is 0.891. The molecule has 0 aromatic rings. The van der Waals surface area contributed by atoms with E-state index in [0.717, 1.165) is 0 Å². The first-order chi connectivity index (χ1) is 5.43. The Bertz CT molecular complexity index is 140. The van der Waals surface area contributed by atoms with Gasteiger partial charge in [-0.1, -0.05) is 13.8 Å². The van der Waals surface area contributed by atoms with Crippen LogP contribution in [0.15, 0.2) is 0 Å². The van der Waals surface area contributed by atoms with E-state index in [0.29, 0.717) is 6.42 Å². The van der Waals surface area contributed by atoms with Gasteiger partial charge in [0.25, 0.3) is 0 Å². The van der Waals surface area contributed by atoms with E-state index in [1.165, 1.54) is 0 Å². The molecule has 0 aliphatic heterocycles. The second-order valence-corrected chi connectivity index (χ2v) is 3.06. The van der Waals surface area contributed by atoms with Gasteiger partial charge in [0.2, 0.25) is 0 Å². The molecular weight excluding hydrogens is 161 g/mol. The molecule has 0 spiro atoms. The molecule has 70 valence electrons. The van der Waals surface area contributed by atoms with Crippen molar-refractivity contribution in [3.63, 3.8) is 0 Å². The molecule has 0 rings (SSSR count). The SMILES string of the molecule is CC(C)C[C@H](NB(O)O)C(=O)O. The average molecular weight is 175 g/mol. The van der Waals surface area contributed by atoms with Crippen molar-refractivity contribution in [2.24, 2.45) is 5.92 Å². The Morgan fingerprint density at radius 2 is 2.00 bits per heavy atom. The number of aliphatic carboxylic acids is 1. The highest BCUT2D eigenvalue weighted by molar-refractivity contribution is 6.38. The Hall–Kier alpha value is -0.585. The first-order valence-corrected chi connectivity index (χ1v) is 3.78. The molecule has 0 amide bonds. The van der Waals surface area contributed by atoms with E-state index in [1.807, 2.05) is 13.8 Å². The summed E-state index contributed by atoms with van der Waals surface area (Å²) in [5.74, 6) is -0.880. The van der Waals surface area contributed by atoms with Gasteiger partial charge in [-0.25, -0.2) is 0 Å². The van der Waals surface area contributed by atoms with Crippen LogP contribution in [0, 0.1) is 5.92 Å². The molecule has 0 bridgehead atoms. The highest BCUT2D eigenvalue weighted by Crippen LogP contribution is 2.04. The number of hydrogen-bond acceptors (Lipinski definition) is 4. The van der Waals surface area contributed by atoms with E-state index in [4.69, 9.17) is 15.2 Å². The summed E-state index contributed by atoms with van der Waals surface area (Å²) in [6.07, 6.45) is 0.368. The summed E-state index contributed by atoms with van der Waals surface area (Å²) in [4.78, 5) is 10.5. The van der Waals surface area contributed by atoms with E-state index in [1.54, 1.807) is 0 Å². The quantitative estimate of drug-likeness (QED) is 0.404. The molecule has 0 aliphatic carbocycles. The van der Waals surface area contributed by atoms with E-state index in [2.05, 4.69) is 5.23 Å². The second-order valence-electron chi connectivity index (χ2n) is 3.06. The summed E-state index contributed by atoms with van der Waals surface area (Å²) in [7, 11) is -1.77. The minimum absolute atomic E-state index is 0.192. The molecular formula is C6H14BNO4. The van der Waals surface area contributed by atoms with Crippen LogP contribution in [-0.2, 0) is 4.79 Å². The molecule has 0 aromatic carbocycles. The third kappa shape index (κ3) is 5.12. The van der Waals surface area contributed by atoms with E-state index in [9.17, 15) is 4.79 Å². The first-order valence-electron chi connectivity index (χ1n) is 3.78. The van der Waals surface area contributed by atoms with E-state index < -0.39 is 19.3 Å². The van der Waals surface area contributed by atoms with Crippen molar-refractivity contribution >= 4 is 13.2 Å². The average Bonchev–Trinajstić information content (AvgIpc) is 1.83. The van der Waals surface area contributed by atoms with Crippen LogP contribution in [0.1, 0.15) is 20.3 Å². The topological polar surface area (TPSA) is 89.8 Å². The molecule has 0 fully saturated rings. The van der Waals surface area contributed by atoms with Crippen molar-refractivity contribution in [3.8, 4) is 0 Å². The molecule has 0 unspecified atom stereocenters. The minimum atomic E-state index is -1.77. The van der Waals surface area contributed by atoms with Crippen molar-refractivity contribution in [3.05, 3.63) is 0 Å². The summed E-state index contributed by atoms with van der Waals surface area (Å²) < 4.78 is 0. The summed E-state index contributed by atoms with van der Waals surface area (Å²) in [5, 5.41) is 27.6. The molecule has 0 aromatic heterocycles. The van der Waals surface area contributed by atoms with Crippen molar-refractivity contribution in [1.29, 1.82) is 0 Å². The summed E-state index contributed by atoms with van der Waals surface area (Å²) >= 11 is 0. The first kappa shape index (κ1) is 11.4. The Morgan fingerprint density at radius 1 is 1.50 bits per heavy atom. The van der Waals surface area contributed by atoms with Gasteiger partial charge in [0.1, 0.15) is 6.04 Å². The number of hydrogen-bond donors (Lipinski definition) is 4. The number of nitrogens with one attached hydrogen (secondary N) is 1. The van der Waals surface area contributed by atoms with Crippen LogP contribution in [0.25, 0.3) is 0 Å². The maximum atomic E-state index is 10.5. The fraction of sp³-hybridized carbons (Fsp3) is 0.833. The largest absolute Gasteiger partial charge is 0.549 e. The zero-order valence-corrected chi connectivity index (χ0v) is 7.19. The molecule has 0 saturated carbocycles. The van der Waals surface area contributed by atoms with Crippen LogP contribution < -0.4 is 5.23 Å². The van der Waals surface area contributed by atoms with Gasteiger partial charge in [0.05, 0.1) is 0 Å². The highest BCUT2D eigenvalue weighted by atomic mass is 16.4. The van der Waals surface area contributed by atoms with Crippen molar-refractivity contribution in [2.45, 2.75) is 26.3 Å². The van der Waals surface area contributed by atoms with Gasteiger partial charge < -0.3 is 15.2 Å². The Balaban J connectivity index is 3.96. The Morgan fingerprint density at radius 3 is 2.25 bits per heavy atom. The minimum Gasteiger partial charge on any atom is -0.480 e. The lowest BCUT2D eigenvalue weighted by Crippen LogP contribution is -2.47. The molecule has 1 atom stereocenters. The Labute approximate surface area is 71.6 Å². The fourth-order valence-corrected chi connectivity index (χ4v) is 0.891. The van der Waals surface area contributed by atoms with Crippen LogP contribution in [0.2, 0.25) is 0 Å². The zero-order valence-electron chi connectivity index (χ0n) is 7.19. The van der Waals surface area contributed by atoms with Gasteiger partial charge in [-0.15, -0.1) is 0 Å². The standard InChI is InChI=1S/C6H14BNO4/c1-4(2)3-5(6(9)10)8-7(11)12/h4-5,8,11-12H,3H2,1-2H3,(H,9,10)/t5-/m0/s1. The van der Waals surface area contributed by atoms with Gasteiger partial charge >= 0.3 is 13.2 Å². The second kappa shape index (κ2) is 5.13. The maximum Gasteiger partial charge on any atom is 0.549 e. The molecule has 0 aliphatic rings. The molecule has 0 saturated heterocycles. The summed E-state index contributed by atoms with van der Waals surface area (Å²) in [6, 6.07) is -0.898. The van der Waals surface area contributed by atoms with Gasteiger partial charge in [0.15, 0.2) is 0 Å². The van der Waals surface area contributed by atoms with Gasteiger partial charge in [-0.3, -0.25) is 10.0 Å². The lowest BCUT2D eigenvalue weighted by molar-refractivity contribution is -0.139. The summed E-state index contributed by atoms with van der Waals surface area (Å²) in [6.45, 7) is 3.72. The normalized spacial score (nSPS) is 13.1. The van der Waals surface area contributed by atoms with Crippen molar-refractivity contribution in [1.82, 2.24) is 5.23 Å². The van der Waals surface area contributed by atoms with Crippen LogP contribution in [-0.4, -0.2) is 34.4 Å². The van der Waals surface area contributed by atoms with E-state index in [-0.39, 0.29) is 5.92 Å². The number of carboxylic acids is 1. The number of rotatable bonds is 5. The van der Waals surface area contributed by atoms with Crippen LogP contribution in [0.3, 0.4) is 0 Å². The van der Waals surface area contributed by atoms with Gasteiger partial charge in [-0.05, 0) is 12.3 Å². The molecule has 12 heavy (non-hydrogen) atoms. The predicted octanol–water partition coefficient (Wildman–Crippen LogP) is -0.955. The molecule has 4 N–H and O–H groups in total. The third-order valence-electron chi connectivity index (χ3n) is 1.36. The monoisotopic (exact) mass is 175 g/mol. The Kier molecular flexibility index (Phi) is 4.88. The number of carbonyl (C=O) groups is 1. The molecule has 0 heterocycles. The van der Waals surface area contributed by atoms with Crippen molar-refractivity contribution < 1.29 is 19.9 Å². The van der Waals surface area contributed by atoms with E-state index >= 15 is 0 Å². The molecule has 5 nitrogen and oxygen atoms in total. The highest BCUT2D eigenvalue weighted by Gasteiger charge is 2.22. The molecule has 0 radical (unpaired) electrons. The zero-order chi connectivity index (χ0) is 9.72. The smallest absolute Gasteiger partial charge is 0.480 e. The van der Waals surface area contributed by atoms with Crippen molar-refractivity contribution in [2.75, 3.05) is 0 Å². The number of carboxylic acid groups (broad SMARTS) is 1. The summed E-state index contributed by atoms with van der Waals surface area (Å²) in [5.41, 5.74) is 0. The maximum absolute atomic E-state index is 10.5.